The van der Waals surface area contributed by atoms with Crippen LogP contribution in [0.5, 0.6) is 5.75 Å². The lowest BCUT2D eigenvalue weighted by Crippen LogP contribution is -2.34. The molecule has 0 aliphatic heterocycles. The number of carbonyl (C=O) groups is 2. The Hall–Kier alpha value is -2.58. The van der Waals surface area contributed by atoms with Crippen molar-refractivity contribution in [2.45, 2.75) is 39.3 Å². The highest BCUT2D eigenvalue weighted by Gasteiger charge is 2.17. The van der Waals surface area contributed by atoms with Crippen molar-refractivity contribution in [1.82, 2.24) is 4.90 Å². The van der Waals surface area contributed by atoms with Crippen LogP contribution < -0.4 is 4.74 Å². The van der Waals surface area contributed by atoms with Crippen LogP contribution in [-0.2, 0) is 20.9 Å². The van der Waals surface area contributed by atoms with Crippen molar-refractivity contribution in [3.63, 3.8) is 0 Å². The maximum Gasteiger partial charge on any atom is 0.384 e. The molecule has 0 aliphatic carbocycles. The molecule has 0 aliphatic rings. The lowest BCUT2D eigenvalue weighted by atomic mass is 10.1. The normalized spacial score (nSPS) is 11.2. The molecule has 5 heteroatoms. The minimum absolute atomic E-state index is 0.0935. The Balaban J connectivity index is 2.97. The zero-order valence-corrected chi connectivity index (χ0v) is 15.8. The topological polar surface area (TPSA) is 55.8 Å². The summed E-state index contributed by atoms with van der Waals surface area (Å²) in [5.74, 6) is 5.83. The number of nitrogens with zero attached hydrogens (tertiary/aromatic N) is 1. The third-order valence-electron chi connectivity index (χ3n) is 3.74. The molecule has 0 N–H and O–H groups in total. The zero-order chi connectivity index (χ0) is 19.4. The first-order valence-corrected chi connectivity index (χ1v) is 8.65. The van der Waals surface area contributed by atoms with Gasteiger partial charge in [-0.3, -0.25) is 4.90 Å². The molecule has 0 amide bonds. The molecular formula is C21H27NO4. The van der Waals surface area contributed by atoms with Crippen LogP contribution in [0, 0.1) is 11.8 Å². The van der Waals surface area contributed by atoms with E-state index >= 15 is 0 Å². The highest BCUT2D eigenvalue weighted by molar-refractivity contribution is 5.88. The molecule has 0 heterocycles. The van der Waals surface area contributed by atoms with Crippen LogP contribution in [-0.4, -0.2) is 43.0 Å². The fourth-order valence-electron chi connectivity index (χ4n) is 2.43. The van der Waals surface area contributed by atoms with Gasteiger partial charge < -0.3 is 14.3 Å². The molecule has 26 heavy (non-hydrogen) atoms. The highest BCUT2D eigenvalue weighted by atomic mass is 16.5. The van der Waals surface area contributed by atoms with Gasteiger partial charge in [-0.1, -0.05) is 24.1 Å². The van der Waals surface area contributed by atoms with Crippen molar-refractivity contribution in [2.75, 3.05) is 20.3 Å². The van der Waals surface area contributed by atoms with Crippen LogP contribution in [0.3, 0.4) is 0 Å². The molecular weight excluding hydrogens is 330 g/mol. The predicted octanol–water partition coefficient (Wildman–Crippen LogP) is 2.99. The Morgan fingerprint density at radius 1 is 1.31 bits per heavy atom. The van der Waals surface area contributed by atoms with Crippen molar-refractivity contribution < 1.29 is 19.1 Å². The summed E-state index contributed by atoms with van der Waals surface area (Å²) in [7, 11) is 1.63. The van der Waals surface area contributed by atoms with E-state index in [1.54, 1.807) is 27.0 Å². The number of Topliss-reactive ketones (excluding diaryl/α,β-unsaturated/α-hetero) is 1. The van der Waals surface area contributed by atoms with Gasteiger partial charge in [-0.15, -0.1) is 6.58 Å². The maximum absolute atomic E-state index is 11.6. The monoisotopic (exact) mass is 357 g/mol. The molecule has 0 fully saturated rings. The van der Waals surface area contributed by atoms with Crippen LogP contribution in [0.1, 0.15) is 32.3 Å². The van der Waals surface area contributed by atoms with E-state index in [9.17, 15) is 9.59 Å². The molecule has 1 atom stereocenters. The van der Waals surface area contributed by atoms with E-state index < -0.39 is 5.97 Å². The number of benzene rings is 1. The summed E-state index contributed by atoms with van der Waals surface area (Å²) in [6, 6.07) is 7.52. The molecule has 0 bridgehead atoms. The number of hydrogen-bond acceptors (Lipinski definition) is 5. The van der Waals surface area contributed by atoms with Gasteiger partial charge in [0.25, 0.3) is 0 Å². The molecule has 1 unspecified atom stereocenters. The molecule has 0 spiro atoms. The Bertz CT molecular complexity index is 655. The van der Waals surface area contributed by atoms with E-state index in [1.807, 2.05) is 24.3 Å². The number of esters is 1. The molecule has 1 aromatic carbocycles. The van der Waals surface area contributed by atoms with Crippen molar-refractivity contribution in [2.24, 2.45) is 0 Å². The van der Waals surface area contributed by atoms with Crippen LogP contribution in [0.4, 0.5) is 0 Å². The minimum Gasteiger partial charge on any atom is -0.497 e. The summed E-state index contributed by atoms with van der Waals surface area (Å²) in [5, 5.41) is 0. The van der Waals surface area contributed by atoms with Crippen LogP contribution >= 0.6 is 0 Å². The van der Waals surface area contributed by atoms with Gasteiger partial charge in [0.05, 0.1) is 19.8 Å². The fourth-order valence-corrected chi connectivity index (χ4v) is 2.43. The number of hydrogen-bond donors (Lipinski definition) is 0. The summed E-state index contributed by atoms with van der Waals surface area (Å²) >= 11 is 0. The van der Waals surface area contributed by atoms with Crippen molar-refractivity contribution >= 4 is 11.8 Å². The first kappa shape index (κ1) is 21.5. The molecule has 5 nitrogen and oxygen atoms in total. The summed E-state index contributed by atoms with van der Waals surface area (Å²) in [5.41, 5.74) is 1.08. The average Bonchev–Trinajstić information content (AvgIpc) is 2.62. The SMILES string of the molecule is C=CCN(Cc1ccc(OC)cc1)C(C#CC(=O)OCC)CCC(C)=O. The molecule has 1 aromatic rings. The Kier molecular flexibility index (Phi) is 9.81. The van der Waals surface area contributed by atoms with Crippen LogP contribution in [0.2, 0.25) is 0 Å². The molecule has 0 aromatic heterocycles. The third-order valence-corrected chi connectivity index (χ3v) is 3.74. The summed E-state index contributed by atoms with van der Waals surface area (Å²) in [4.78, 5) is 25.1. The van der Waals surface area contributed by atoms with E-state index in [-0.39, 0.29) is 18.4 Å². The molecule has 0 saturated heterocycles. The minimum atomic E-state index is -0.552. The van der Waals surface area contributed by atoms with Crippen molar-refractivity contribution in [3.05, 3.63) is 42.5 Å². The van der Waals surface area contributed by atoms with E-state index in [2.05, 4.69) is 23.3 Å². The summed E-state index contributed by atoms with van der Waals surface area (Å²) in [6.07, 6.45) is 2.74. The molecule has 0 radical (unpaired) electrons. The quantitative estimate of drug-likeness (QED) is 0.279. The average molecular weight is 357 g/mol. The van der Waals surface area contributed by atoms with Gasteiger partial charge in [0.2, 0.25) is 0 Å². The number of ether oxygens (including phenoxy) is 2. The van der Waals surface area contributed by atoms with E-state index in [0.717, 1.165) is 11.3 Å². The molecule has 1 rings (SSSR count). The first-order valence-electron chi connectivity index (χ1n) is 8.65. The standard InChI is InChI=1S/C21H27NO4/c1-5-15-22(16-18-8-12-20(25-4)13-9-18)19(10-7-17(3)23)11-14-21(24)26-6-2/h5,8-9,12-13,19H,1,6-7,10,15-16H2,2-4H3. The van der Waals surface area contributed by atoms with Gasteiger partial charge >= 0.3 is 5.97 Å². The van der Waals surface area contributed by atoms with Gasteiger partial charge in [-0.2, -0.15) is 0 Å². The molecule has 0 saturated carbocycles. The largest absolute Gasteiger partial charge is 0.497 e. The van der Waals surface area contributed by atoms with Gasteiger partial charge in [-0.05, 0) is 38.0 Å². The Morgan fingerprint density at radius 3 is 2.54 bits per heavy atom. The van der Waals surface area contributed by atoms with Gasteiger partial charge in [-0.25, -0.2) is 4.79 Å². The van der Waals surface area contributed by atoms with Crippen molar-refractivity contribution in [3.8, 4) is 17.6 Å². The number of methoxy groups -OCH3 is 1. The van der Waals surface area contributed by atoms with Crippen LogP contribution in [0.15, 0.2) is 36.9 Å². The number of carbonyl (C=O) groups excluding carboxylic acids is 2. The second-order valence-electron chi connectivity index (χ2n) is 5.81. The van der Waals surface area contributed by atoms with E-state index in [0.29, 0.717) is 25.9 Å². The van der Waals surface area contributed by atoms with Crippen LogP contribution in [0.25, 0.3) is 0 Å². The van der Waals surface area contributed by atoms with E-state index in [1.165, 1.54) is 0 Å². The third kappa shape index (κ3) is 8.00. The van der Waals surface area contributed by atoms with Crippen molar-refractivity contribution in [1.29, 1.82) is 0 Å². The second-order valence-corrected chi connectivity index (χ2v) is 5.81. The Labute approximate surface area is 156 Å². The lowest BCUT2D eigenvalue weighted by Gasteiger charge is -2.27. The zero-order valence-electron chi connectivity index (χ0n) is 15.8. The second kappa shape index (κ2) is 11.9. The first-order chi connectivity index (χ1) is 12.5. The number of ketones is 1. The summed E-state index contributed by atoms with van der Waals surface area (Å²) < 4.78 is 10.1. The van der Waals surface area contributed by atoms with Gasteiger partial charge in [0.15, 0.2) is 0 Å². The maximum atomic E-state index is 11.6. The van der Waals surface area contributed by atoms with Gasteiger partial charge in [0, 0.05) is 25.4 Å². The number of rotatable bonds is 10. The van der Waals surface area contributed by atoms with E-state index in [4.69, 9.17) is 9.47 Å². The smallest absolute Gasteiger partial charge is 0.384 e. The molecule has 140 valence electrons. The lowest BCUT2D eigenvalue weighted by molar-refractivity contribution is -0.136. The van der Waals surface area contributed by atoms with Gasteiger partial charge in [0.1, 0.15) is 11.5 Å². The fraction of sp³-hybridized carbons (Fsp3) is 0.429. The summed E-state index contributed by atoms with van der Waals surface area (Å²) in [6.45, 7) is 8.59. The Morgan fingerprint density at radius 2 is 2.00 bits per heavy atom. The highest BCUT2D eigenvalue weighted by Crippen LogP contribution is 2.16. The predicted molar refractivity (Wildman–Crippen MR) is 102 cm³/mol.